The monoisotopic (exact) mass is 340 g/mol. The average molecular weight is 340 g/mol. The van der Waals surface area contributed by atoms with Crippen molar-refractivity contribution in [1.82, 2.24) is 0 Å². The van der Waals surface area contributed by atoms with Crippen LogP contribution in [0.25, 0.3) is 17.2 Å². The molecule has 2 rings (SSSR count). The molecule has 0 spiro atoms. The first-order valence-corrected chi connectivity index (χ1v) is 8.55. The van der Waals surface area contributed by atoms with Gasteiger partial charge in [0.2, 0.25) is 0 Å². The Morgan fingerprint density at radius 1 is 0.960 bits per heavy atom. The Labute approximate surface area is 148 Å². The highest BCUT2D eigenvalue weighted by atomic mass is 16.5. The maximum atomic E-state index is 10.7. The third kappa shape index (κ3) is 5.68. The summed E-state index contributed by atoms with van der Waals surface area (Å²) < 4.78 is 11.6. The van der Waals surface area contributed by atoms with Crippen molar-refractivity contribution >= 4 is 12.0 Å². The smallest absolute Gasteiger partial charge is 0.328 e. The van der Waals surface area contributed by atoms with Gasteiger partial charge in [-0.15, -0.1) is 0 Å². The molecule has 0 heterocycles. The van der Waals surface area contributed by atoms with E-state index in [0.717, 1.165) is 47.1 Å². The molecule has 0 radical (unpaired) electrons. The fourth-order valence-corrected chi connectivity index (χ4v) is 2.33. The minimum Gasteiger partial charge on any atom is -0.490 e. The predicted octanol–water partition coefficient (Wildman–Crippen LogP) is 5.03. The van der Waals surface area contributed by atoms with Gasteiger partial charge in [-0.25, -0.2) is 4.79 Å². The molecular formula is C21H24O4. The average Bonchev–Trinajstić information content (AvgIpc) is 2.63. The molecule has 0 aromatic heterocycles. The van der Waals surface area contributed by atoms with Gasteiger partial charge in [-0.1, -0.05) is 38.1 Å². The van der Waals surface area contributed by atoms with Gasteiger partial charge in [0.15, 0.2) is 11.5 Å². The highest BCUT2D eigenvalue weighted by molar-refractivity contribution is 5.85. The van der Waals surface area contributed by atoms with Gasteiger partial charge in [-0.2, -0.15) is 0 Å². The topological polar surface area (TPSA) is 55.8 Å². The molecule has 0 fully saturated rings. The van der Waals surface area contributed by atoms with Crippen molar-refractivity contribution in [2.45, 2.75) is 26.7 Å². The molecule has 1 N–H and O–H groups in total. The standard InChI is InChI=1S/C21H24O4/c1-3-12-24-19-10-9-18(15-20(19)25-13-4-2)17-7-5-6-16(14-17)8-11-21(22)23/h5-11,14-15H,3-4,12-13H2,1-2H3,(H,22,23)/b11-8-. The molecule has 2 aromatic rings. The lowest BCUT2D eigenvalue weighted by Gasteiger charge is -2.14. The number of hydrogen-bond acceptors (Lipinski definition) is 3. The summed E-state index contributed by atoms with van der Waals surface area (Å²) in [6.07, 6.45) is 4.58. The molecule has 0 saturated carbocycles. The summed E-state index contributed by atoms with van der Waals surface area (Å²) in [5.41, 5.74) is 2.83. The number of hydrogen-bond donors (Lipinski definition) is 1. The number of aliphatic carboxylic acids is 1. The maximum Gasteiger partial charge on any atom is 0.328 e. The summed E-state index contributed by atoms with van der Waals surface area (Å²) in [5.74, 6) is 0.526. The van der Waals surface area contributed by atoms with Crippen molar-refractivity contribution in [3.8, 4) is 22.6 Å². The summed E-state index contributed by atoms with van der Waals surface area (Å²) in [4.78, 5) is 10.7. The van der Waals surface area contributed by atoms with E-state index in [0.29, 0.717) is 13.2 Å². The van der Waals surface area contributed by atoms with Crippen molar-refractivity contribution in [2.75, 3.05) is 13.2 Å². The van der Waals surface area contributed by atoms with E-state index < -0.39 is 5.97 Å². The molecule has 0 bridgehead atoms. The molecule has 4 nitrogen and oxygen atoms in total. The highest BCUT2D eigenvalue weighted by Gasteiger charge is 2.08. The minimum absolute atomic E-state index is 0.632. The van der Waals surface area contributed by atoms with Crippen molar-refractivity contribution < 1.29 is 19.4 Å². The molecule has 0 unspecified atom stereocenters. The van der Waals surface area contributed by atoms with Crippen LogP contribution < -0.4 is 9.47 Å². The lowest BCUT2D eigenvalue weighted by atomic mass is 10.0. The summed E-state index contributed by atoms with van der Waals surface area (Å²) in [6, 6.07) is 13.6. The molecule has 0 aliphatic carbocycles. The third-order valence-electron chi connectivity index (χ3n) is 3.51. The molecule has 0 aliphatic heterocycles. The van der Waals surface area contributed by atoms with Crippen LogP contribution >= 0.6 is 0 Å². The molecule has 4 heteroatoms. The van der Waals surface area contributed by atoms with Crippen LogP contribution in [0, 0.1) is 0 Å². The molecule has 132 valence electrons. The second-order valence-corrected chi connectivity index (χ2v) is 5.66. The Kier molecular flexibility index (Phi) is 7.08. The predicted molar refractivity (Wildman–Crippen MR) is 100 cm³/mol. The van der Waals surface area contributed by atoms with E-state index in [1.807, 2.05) is 42.5 Å². The van der Waals surface area contributed by atoms with Crippen LogP contribution in [-0.2, 0) is 4.79 Å². The van der Waals surface area contributed by atoms with E-state index in [2.05, 4.69) is 13.8 Å². The van der Waals surface area contributed by atoms with Crippen LogP contribution in [-0.4, -0.2) is 24.3 Å². The zero-order valence-corrected chi connectivity index (χ0v) is 14.7. The molecule has 0 saturated heterocycles. The van der Waals surface area contributed by atoms with Crippen LogP contribution in [0.4, 0.5) is 0 Å². The number of rotatable bonds is 9. The summed E-state index contributed by atoms with van der Waals surface area (Å²) in [7, 11) is 0. The van der Waals surface area contributed by atoms with Gasteiger partial charge >= 0.3 is 5.97 Å². The maximum absolute atomic E-state index is 10.7. The van der Waals surface area contributed by atoms with Gasteiger partial charge in [-0.05, 0) is 53.8 Å². The van der Waals surface area contributed by atoms with Gasteiger partial charge in [0.25, 0.3) is 0 Å². The first-order valence-electron chi connectivity index (χ1n) is 8.55. The fourth-order valence-electron chi connectivity index (χ4n) is 2.33. The zero-order chi connectivity index (χ0) is 18.1. The van der Waals surface area contributed by atoms with Crippen LogP contribution in [0.15, 0.2) is 48.5 Å². The largest absolute Gasteiger partial charge is 0.490 e. The molecule has 2 aromatic carbocycles. The number of benzene rings is 2. The van der Waals surface area contributed by atoms with Gasteiger partial charge in [0, 0.05) is 6.08 Å². The summed E-state index contributed by atoms with van der Waals surface area (Å²) in [6.45, 7) is 5.41. The van der Waals surface area contributed by atoms with Crippen molar-refractivity contribution in [3.63, 3.8) is 0 Å². The Morgan fingerprint density at radius 2 is 1.64 bits per heavy atom. The number of carboxylic acids is 1. The van der Waals surface area contributed by atoms with E-state index in [1.54, 1.807) is 6.08 Å². The zero-order valence-electron chi connectivity index (χ0n) is 14.7. The fraction of sp³-hybridized carbons (Fsp3) is 0.286. The lowest BCUT2D eigenvalue weighted by Crippen LogP contribution is -2.01. The second kappa shape index (κ2) is 9.52. The highest BCUT2D eigenvalue weighted by Crippen LogP contribution is 2.33. The Balaban J connectivity index is 2.31. The van der Waals surface area contributed by atoms with Gasteiger partial charge < -0.3 is 14.6 Å². The Bertz CT molecular complexity index is 734. The SMILES string of the molecule is CCCOc1ccc(-c2cccc(/C=C\C(=O)O)c2)cc1OCCC. The van der Waals surface area contributed by atoms with E-state index in [1.165, 1.54) is 0 Å². The molecule has 0 atom stereocenters. The van der Waals surface area contributed by atoms with Crippen molar-refractivity contribution in [3.05, 3.63) is 54.1 Å². The molecule has 25 heavy (non-hydrogen) atoms. The minimum atomic E-state index is -0.960. The van der Waals surface area contributed by atoms with Crippen LogP contribution in [0.5, 0.6) is 11.5 Å². The second-order valence-electron chi connectivity index (χ2n) is 5.66. The first-order chi connectivity index (χ1) is 12.1. The Hall–Kier alpha value is -2.75. The lowest BCUT2D eigenvalue weighted by molar-refractivity contribution is -0.131. The normalized spacial score (nSPS) is 10.8. The number of carboxylic acid groups (broad SMARTS) is 1. The molecule has 0 aliphatic rings. The van der Waals surface area contributed by atoms with Crippen molar-refractivity contribution in [1.29, 1.82) is 0 Å². The number of carbonyl (C=O) groups is 1. The van der Waals surface area contributed by atoms with Gasteiger partial charge in [-0.3, -0.25) is 0 Å². The van der Waals surface area contributed by atoms with E-state index in [9.17, 15) is 4.79 Å². The van der Waals surface area contributed by atoms with Gasteiger partial charge in [0.05, 0.1) is 13.2 Å². The number of ether oxygens (including phenoxy) is 2. The third-order valence-corrected chi connectivity index (χ3v) is 3.51. The Morgan fingerprint density at radius 3 is 2.32 bits per heavy atom. The molecule has 0 amide bonds. The quantitative estimate of drug-likeness (QED) is 0.651. The van der Waals surface area contributed by atoms with E-state index in [-0.39, 0.29) is 0 Å². The first kappa shape index (κ1) is 18.6. The van der Waals surface area contributed by atoms with Gasteiger partial charge in [0.1, 0.15) is 0 Å². The van der Waals surface area contributed by atoms with E-state index in [4.69, 9.17) is 14.6 Å². The van der Waals surface area contributed by atoms with E-state index >= 15 is 0 Å². The summed E-state index contributed by atoms with van der Waals surface area (Å²) in [5, 5.41) is 8.76. The van der Waals surface area contributed by atoms with Crippen LogP contribution in [0.1, 0.15) is 32.3 Å². The van der Waals surface area contributed by atoms with Crippen LogP contribution in [0.3, 0.4) is 0 Å². The summed E-state index contributed by atoms with van der Waals surface area (Å²) >= 11 is 0. The van der Waals surface area contributed by atoms with Crippen LogP contribution in [0.2, 0.25) is 0 Å². The molecular weight excluding hydrogens is 316 g/mol. The van der Waals surface area contributed by atoms with Crippen molar-refractivity contribution in [2.24, 2.45) is 0 Å².